The third kappa shape index (κ3) is 4.13. The van der Waals surface area contributed by atoms with Crippen molar-refractivity contribution in [3.63, 3.8) is 0 Å². The summed E-state index contributed by atoms with van der Waals surface area (Å²) in [4.78, 5) is 10.9. The molecule has 0 radical (unpaired) electrons. The Balaban J connectivity index is 4.05. The first-order valence-electron chi connectivity index (χ1n) is 4.14. The molecule has 0 amide bonds. The lowest BCUT2D eigenvalue weighted by molar-refractivity contribution is -0.137. The first-order chi connectivity index (χ1) is 5.61. The second kappa shape index (κ2) is 5.77. The highest BCUT2D eigenvalue weighted by atomic mass is 16.5. The van der Waals surface area contributed by atoms with Gasteiger partial charge < -0.3 is 9.84 Å². The van der Waals surface area contributed by atoms with E-state index in [-0.39, 0.29) is 5.97 Å². The number of rotatable bonds is 4. The van der Waals surface area contributed by atoms with Crippen LogP contribution in [0.15, 0.2) is 11.6 Å². The normalized spacial score (nSPS) is 14.2. The molecule has 0 aromatic rings. The standard InChI is InChI=1S/C9H16O3/c1-4-8(10)7(3)6-9(11)12-5-2/h6,8,10H,4-5H2,1-3H3/b7-6+/t8-/m1/s1. The molecule has 12 heavy (non-hydrogen) atoms. The predicted octanol–water partition coefficient (Wildman–Crippen LogP) is 1.27. The maximum absolute atomic E-state index is 10.9. The Morgan fingerprint density at radius 3 is 2.58 bits per heavy atom. The van der Waals surface area contributed by atoms with E-state index in [2.05, 4.69) is 4.74 Å². The zero-order chi connectivity index (χ0) is 9.56. The summed E-state index contributed by atoms with van der Waals surface area (Å²) in [6.07, 6.45) is 1.41. The van der Waals surface area contributed by atoms with Crippen molar-refractivity contribution in [2.24, 2.45) is 0 Å². The molecule has 0 rings (SSSR count). The van der Waals surface area contributed by atoms with Gasteiger partial charge in [-0.2, -0.15) is 0 Å². The Morgan fingerprint density at radius 2 is 2.17 bits per heavy atom. The quantitative estimate of drug-likeness (QED) is 0.513. The number of carbonyl (C=O) groups is 1. The van der Waals surface area contributed by atoms with Gasteiger partial charge in [0.25, 0.3) is 0 Å². The second-order valence-corrected chi connectivity index (χ2v) is 2.56. The maximum Gasteiger partial charge on any atom is 0.330 e. The maximum atomic E-state index is 10.9. The van der Waals surface area contributed by atoms with Crippen LogP contribution < -0.4 is 0 Å². The molecule has 70 valence electrons. The summed E-state index contributed by atoms with van der Waals surface area (Å²) in [5.41, 5.74) is 0.649. The Hall–Kier alpha value is -0.830. The van der Waals surface area contributed by atoms with Gasteiger partial charge in [0.1, 0.15) is 0 Å². The van der Waals surface area contributed by atoms with Gasteiger partial charge in [0.2, 0.25) is 0 Å². The summed E-state index contributed by atoms with van der Waals surface area (Å²) in [5.74, 6) is -0.387. The molecule has 0 aliphatic heterocycles. The van der Waals surface area contributed by atoms with E-state index in [0.717, 1.165) is 0 Å². The van der Waals surface area contributed by atoms with Crippen LogP contribution in [0, 0.1) is 0 Å². The van der Waals surface area contributed by atoms with Gasteiger partial charge in [-0.3, -0.25) is 0 Å². The molecule has 0 heterocycles. The summed E-state index contributed by atoms with van der Waals surface area (Å²) >= 11 is 0. The lowest BCUT2D eigenvalue weighted by atomic mass is 10.1. The minimum Gasteiger partial charge on any atom is -0.463 e. The lowest BCUT2D eigenvalue weighted by Crippen LogP contribution is -2.09. The highest BCUT2D eigenvalue weighted by Crippen LogP contribution is 2.04. The number of hydrogen-bond acceptors (Lipinski definition) is 3. The minimum atomic E-state index is -0.533. The van der Waals surface area contributed by atoms with Gasteiger partial charge >= 0.3 is 5.97 Å². The topological polar surface area (TPSA) is 46.5 Å². The lowest BCUT2D eigenvalue weighted by Gasteiger charge is -2.06. The summed E-state index contributed by atoms with van der Waals surface area (Å²) in [5, 5.41) is 9.27. The Morgan fingerprint density at radius 1 is 1.58 bits per heavy atom. The molecular weight excluding hydrogens is 156 g/mol. The van der Waals surface area contributed by atoms with Gasteiger partial charge in [0.15, 0.2) is 0 Å². The van der Waals surface area contributed by atoms with Crippen molar-refractivity contribution in [1.29, 1.82) is 0 Å². The SMILES string of the molecule is CCOC(=O)/C=C(\C)[C@H](O)CC. The van der Waals surface area contributed by atoms with E-state index >= 15 is 0 Å². The van der Waals surface area contributed by atoms with Gasteiger partial charge in [0, 0.05) is 6.08 Å². The molecule has 1 atom stereocenters. The largest absolute Gasteiger partial charge is 0.463 e. The van der Waals surface area contributed by atoms with Crippen molar-refractivity contribution in [1.82, 2.24) is 0 Å². The van der Waals surface area contributed by atoms with Crippen LogP contribution >= 0.6 is 0 Å². The number of aliphatic hydroxyl groups is 1. The zero-order valence-electron chi connectivity index (χ0n) is 7.83. The molecule has 0 unspecified atom stereocenters. The number of ether oxygens (including phenoxy) is 1. The fraction of sp³-hybridized carbons (Fsp3) is 0.667. The molecule has 0 saturated heterocycles. The fourth-order valence-corrected chi connectivity index (χ4v) is 0.788. The monoisotopic (exact) mass is 172 g/mol. The first-order valence-corrected chi connectivity index (χ1v) is 4.14. The van der Waals surface area contributed by atoms with Crippen LogP contribution in [-0.2, 0) is 9.53 Å². The van der Waals surface area contributed by atoms with Crippen molar-refractivity contribution >= 4 is 5.97 Å². The molecular formula is C9H16O3. The molecule has 0 aromatic carbocycles. The van der Waals surface area contributed by atoms with Crippen molar-refractivity contribution in [2.75, 3.05) is 6.61 Å². The Labute approximate surface area is 73.0 Å². The summed E-state index contributed by atoms with van der Waals surface area (Å²) in [6, 6.07) is 0. The van der Waals surface area contributed by atoms with E-state index in [1.54, 1.807) is 13.8 Å². The fourth-order valence-electron chi connectivity index (χ4n) is 0.788. The number of carbonyl (C=O) groups excluding carboxylic acids is 1. The molecule has 0 saturated carbocycles. The van der Waals surface area contributed by atoms with Crippen LogP contribution in [0.3, 0.4) is 0 Å². The highest BCUT2D eigenvalue weighted by Gasteiger charge is 2.05. The Kier molecular flexibility index (Phi) is 5.37. The molecule has 0 aliphatic rings. The molecule has 0 spiro atoms. The van der Waals surface area contributed by atoms with Crippen LogP contribution in [0.5, 0.6) is 0 Å². The van der Waals surface area contributed by atoms with E-state index in [0.29, 0.717) is 18.6 Å². The van der Waals surface area contributed by atoms with Crippen LogP contribution in [0.1, 0.15) is 27.2 Å². The second-order valence-electron chi connectivity index (χ2n) is 2.56. The van der Waals surface area contributed by atoms with Gasteiger partial charge in [-0.05, 0) is 25.8 Å². The third-order valence-corrected chi connectivity index (χ3v) is 1.54. The van der Waals surface area contributed by atoms with Gasteiger partial charge in [-0.15, -0.1) is 0 Å². The van der Waals surface area contributed by atoms with Gasteiger partial charge in [0.05, 0.1) is 12.7 Å². The van der Waals surface area contributed by atoms with Crippen molar-refractivity contribution < 1.29 is 14.6 Å². The van der Waals surface area contributed by atoms with E-state index in [1.165, 1.54) is 6.08 Å². The highest BCUT2D eigenvalue weighted by molar-refractivity contribution is 5.82. The molecule has 0 fully saturated rings. The van der Waals surface area contributed by atoms with Crippen LogP contribution in [0.2, 0.25) is 0 Å². The molecule has 3 heteroatoms. The van der Waals surface area contributed by atoms with Crippen molar-refractivity contribution in [2.45, 2.75) is 33.3 Å². The van der Waals surface area contributed by atoms with Crippen LogP contribution in [0.4, 0.5) is 0 Å². The molecule has 0 bridgehead atoms. The first kappa shape index (κ1) is 11.2. The van der Waals surface area contributed by atoms with Crippen LogP contribution in [-0.4, -0.2) is 23.8 Å². The predicted molar refractivity (Wildman–Crippen MR) is 46.7 cm³/mol. The molecule has 1 N–H and O–H groups in total. The van der Waals surface area contributed by atoms with E-state index in [1.807, 2.05) is 6.92 Å². The average molecular weight is 172 g/mol. The summed E-state index contributed by atoms with van der Waals surface area (Å²) in [7, 11) is 0. The third-order valence-electron chi connectivity index (χ3n) is 1.54. The van der Waals surface area contributed by atoms with E-state index in [9.17, 15) is 9.90 Å². The summed E-state index contributed by atoms with van der Waals surface area (Å²) < 4.78 is 4.68. The van der Waals surface area contributed by atoms with Crippen molar-refractivity contribution in [3.05, 3.63) is 11.6 Å². The van der Waals surface area contributed by atoms with Gasteiger partial charge in [-0.25, -0.2) is 4.79 Å². The van der Waals surface area contributed by atoms with E-state index in [4.69, 9.17) is 0 Å². The minimum absolute atomic E-state index is 0.366. The number of aliphatic hydroxyl groups excluding tert-OH is 1. The zero-order valence-corrected chi connectivity index (χ0v) is 7.83. The molecule has 0 aromatic heterocycles. The number of hydrogen-bond donors (Lipinski definition) is 1. The summed E-state index contributed by atoms with van der Waals surface area (Å²) in [6.45, 7) is 5.68. The Bertz CT molecular complexity index is 173. The number of esters is 1. The van der Waals surface area contributed by atoms with Crippen LogP contribution in [0.25, 0.3) is 0 Å². The molecule has 0 aliphatic carbocycles. The smallest absolute Gasteiger partial charge is 0.330 e. The van der Waals surface area contributed by atoms with Gasteiger partial charge in [-0.1, -0.05) is 6.92 Å². The molecule has 3 nitrogen and oxygen atoms in total. The van der Waals surface area contributed by atoms with Crippen molar-refractivity contribution in [3.8, 4) is 0 Å². The average Bonchev–Trinajstić information content (AvgIpc) is 2.03. The van der Waals surface area contributed by atoms with E-state index < -0.39 is 6.10 Å².